The number of amides is 2. The van der Waals surface area contributed by atoms with E-state index in [1.165, 1.54) is 0 Å². The zero-order chi connectivity index (χ0) is 22.3. The van der Waals surface area contributed by atoms with Crippen LogP contribution in [0.3, 0.4) is 0 Å². The van der Waals surface area contributed by atoms with Gasteiger partial charge in [0.05, 0.1) is 5.69 Å². The van der Waals surface area contributed by atoms with Gasteiger partial charge in [-0.05, 0) is 77.6 Å². The summed E-state index contributed by atoms with van der Waals surface area (Å²) in [7, 11) is 0. The minimum Gasteiger partial charge on any atom is -0.488 e. The van der Waals surface area contributed by atoms with Crippen LogP contribution < -0.4 is 15.0 Å². The summed E-state index contributed by atoms with van der Waals surface area (Å²) in [6, 6.07) is 9.21. The summed E-state index contributed by atoms with van der Waals surface area (Å²) in [5, 5.41) is 4.62. The zero-order valence-electron chi connectivity index (χ0n) is 18.3. The van der Waals surface area contributed by atoms with Gasteiger partial charge in [-0.2, -0.15) is 0 Å². The maximum Gasteiger partial charge on any atom is 0.408 e. The summed E-state index contributed by atoms with van der Waals surface area (Å²) in [5.41, 5.74) is -0.151. The van der Waals surface area contributed by atoms with Crippen molar-refractivity contribution < 1.29 is 19.1 Å². The van der Waals surface area contributed by atoms with Crippen LogP contribution in [0.1, 0.15) is 48.0 Å². The fraction of sp³-hybridized carbons (Fsp3) is 0.478. The van der Waals surface area contributed by atoms with Crippen molar-refractivity contribution in [1.82, 2.24) is 5.32 Å². The number of carbonyl (C=O) groups excluding carboxylic acids is 2. The van der Waals surface area contributed by atoms with E-state index in [1.54, 1.807) is 25.7 Å². The molecular formula is C23H29BrN2O4. The van der Waals surface area contributed by atoms with E-state index in [1.807, 2.05) is 51.1 Å². The van der Waals surface area contributed by atoms with Crippen molar-refractivity contribution in [3.05, 3.63) is 34.8 Å². The number of rotatable bonds is 3. The SMILES string of the molecule is CC(C)(C)OC(=O)NC1CCN(c2cc(Br)cc3ccc(OC(C)(C)C)cc23)C1=O. The molecule has 7 heteroatoms. The molecule has 2 aromatic carbocycles. The quantitative estimate of drug-likeness (QED) is 0.642. The molecule has 2 aromatic rings. The molecule has 1 fully saturated rings. The average molecular weight is 477 g/mol. The number of benzene rings is 2. The molecular weight excluding hydrogens is 448 g/mol. The number of nitrogens with zero attached hydrogens (tertiary/aromatic N) is 1. The van der Waals surface area contributed by atoms with E-state index in [2.05, 4.69) is 21.2 Å². The van der Waals surface area contributed by atoms with Crippen LogP contribution in [-0.4, -0.2) is 35.8 Å². The van der Waals surface area contributed by atoms with Crippen LogP contribution in [0.4, 0.5) is 10.5 Å². The lowest BCUT2D eigenvalue weighted by Gasteiger charge is -2.24. The van der Waals surface area contributed by atoms with Gasteiger partial charge < -0.3 is 19.7 Å². The Labute approximate surface area is 186 Å². The summed E-state index contributed by atoms with van der Waals surface area (Å²) < 4.78 is 12.2. The normalized spacial score (nSPS) is 17.4. The van der Waals surface area contributed by atoms with Gasteiger partial charge in [-0.1, -0.05) is 22.0 Å². The molecule has 0 saturated carbocycles. The lowest BCUT2D eigenvalue weighted by atomic mass is 10.1. The molecule has 162 valence electrons. The minimum atomic E-state index is -0.616. The van der Waals surface area contributed by atoms with Crippen LogP contribution in [-0.2, 0) is 9.53 Å². The lowest BCUT2D eigenvalue weighted by molar-refractivity contribution is -0.118. The Kier molecular flexibility index (Phi) is 6.05. The fourth-order valence-electron chi connectivity index (χ4n) is 3.42. The van der Waals surface area contributed by atoms with Crippen LogP contribution >= 0.6 is 15.9 Å². The molecule has 6 nitrogen and oxygen atoms in total. The summed E-state index contributed by atoms with van der Waals surface area (Å²) >= 11 is 3.55. The second kappa shape index (κ2) is 8.10. The number of carbonyl (C=O) groups is 2. The van der Waals surface area contributed by atoms with Crippen molar-refractivity contribution in [2.24, 2.45) is 0 Å². The van der Waals surface area contributed by atoms with Crippen LogP contribution in [0.15, 0.2) is 34.8 Å². The van der Waals surface area contributed by atoms with Crippen molar-refractivity contribution >= 4 is 44.4 Å². The van der Waals surface area contributed by atoms with Crippen molar-refractivity contribution in [2.75, 3.05) is 11.4 Å². The third-order valence-corrected chi connectivity index (χ3v) is 4.94. The topological polar surface area (TPSA) is 67.9 Å². The molecule has 30 heavy (non-hydrogen) atoms. The van der Waals surface area contributed by atoms with Gasteiger partial charge in [0.15, 0.2) is 0 Å². The largest absolute Gasteiger partial charge is 0.488 e. The highest BCUT2D eigenvalue weighted by atomic mass is 79.9. The Morgan fingerprint density at radius 3 is 2.43 bits per heavy atom. The van der Waals surface area contributed by atoms with E-state index in [4.69, 9.17) is 9.47 Å². The highest BCUT2D eigenvalue weighted by molar-refractivity contribution is 9.10. The van der Waals surface area contributed by atoms with Gasteiger partial charge in [0.2, 0.25) is 5.91 Å². The zero-order valence-corrected chi connectivity index (χ0v) is 19.9. The second-order valence-electron chi connectivity index (χ2n) is 9.50. The number of anilines is 1. The van der Waals surface area contributed by atoms with E-state index < -0.39 is 17.7 Å². The molecule has 1 saturated heterocycles. The number of fused-ring (bicyclic) bond motifs is 1. The highest BCUT2D eigenvalue weighted by Gasteiger charge is 2.35. The smallest absolute Gasteiger partial charge is 0.408 e. The van der Waals surface area contributed by atoms with E-state index in [0.29, 0.717) is 13.0 Å². The molecule has 0 aliphatic carbocycles. The van der Waals surface area contributed by atoms with Crippen molar-refractivity contribution in [3.63, 3.8) is 0 Å². The van der Waals surface area contributed by atoms with Crippen molar-refractivity contribution in [2.45, 2.75) is 65.2 Å². The lowest BCUT2D eigenvalue weighted by Crippen LogP contribution is -2.43. The summed E-state index contributed by atoms with van der Waals surface area (Å²) in [5.74, 6) is 0.594. The molecule has 0 radical (unpaired) electrons. The first kappa shape index (κ1) is 22.4. The molecule has 2 amide bonds. The molecule has 1 aliphatic rings. The average Bonchev–Trinajstić information content (AvgIpc) is 2.92. The number of alkyl carbamates (subject to hydrolysis) is 1. The van der Waals surface area contributed by atoms with Crippen LogP contribution in [0.2, 0.25) is 0 Å². The van der Waals surface area contributed by atoms with Gasteiger partial charge in [-0.15, -0.1) is 0 Å². The second-order valence-corrected chi connectivity index (χ2v) is 10.4. The first-order valence-electron chi connectivity index (χ1n) is 10.1. The monoisotopic (exact) mass is 476 g/mol. The number of halogens is 1. The highest BCUT2D eigenvalue weighted by Crippen LogP contribution is 2.36. The first-order valence-corrected chi connectivity index (χ1v) is 10.8. The molecule has 1 N–H and O–H groups in total. The van der Waals surface area contributed by atoms with Crippen molar-refractivity contribution in [1.29, 1.82) is 0 Å². The summed E-state index contributed by atoms with van der Waals surface area (Å²) in [6.07, 6.45) is -0.0627. The predicted molar refractivity (Wildman–Crippen MR) is 122 cm³/mol. The first-order chi connectivity index (χ1) is 13.8. The molecule has 0 aromatic heterocycles. The fourth-order valence-corrected chi connectivity index (χ4v) is 3.89. The number of ether oxygens (including phenoxy) is 2. The van der Waals surface area contributed by atoms with Crippen LogP contribution in [0.5, 0.6) is 5.75 Å². The third-order valence-electron chi connectivity index (χ3n) is 4.48. The molecule has 3 rings (SSSR count). The Morgan fingerprint density at radius 2 is 1.80 bits per heavy atom. The van der Waals surface area contributed by atoms with Gasteiger partial charge in [-0.3, -0.25) is 4.79 Å². The standard InChI is InChI=1S/C23H29BrN2O4/c1-22(2,3)29-16-8-7-14-11-15(24)12-19(17(14)13-16)26-10-9-18(20(26)27)25-21(28)30-23(4,5)6/h7-8,11-13,18H,9-10H2,1-6H3,(H,25,28). The number of nitrogens with one attached hydrogen (secondary N) is 1. The molecule has 0 spiro atoms. The van der Waals surface area contributed by atoms with E-state index in [9.17, 15) is 9.59 Å². The maximum absolute atomic E-state index is 13.1. The van der Waals surface area contributed by atoms with Gasteiger partial charge in [0.25, 0.3) is 0 Å². The minimum absolute atomic E-state index is 0.151. The van der Waals surface area contributed by atoms with Crippen molar-refractivity contribution in [3.8, 4) is 5.75 Å². The molecule has 1 aliphatic heterocycles. The molecule has 0 bridgehead atoms. The Morgan fingerprint density at radius 1 is 1.10 bits per heavy atom. The van der Waals surface area contributed by atoms with E-state index in [-0.39, 0.29) is 11.5 Å². The van der Waals surface area contributed by atoms with Gasteiger partial charge >= 0.3 is 6.09 Å². The Hall–Kier alpha value is -2.28. The van der Waals surface area contributed by atoms with E-state index in [0.717, 1.165) is 26.7 Å². The molecule has 1 heterocycles. The van der Waals surface area contributed by atoms with Crippen LogP contribution in [0.25, 0.3) is 10.8 Å². The number of hydrogen-bond donors (Lipinski definition) is 1. The summed E-state index contributed by atoms with van der Waals surface area (Å²) in [6.45, 7) is 11.9. The van der Waals surface area contributed by atoms with E-state index >= 15 is 0 Å². The van der Waals surface area contributed by atoms with Crippen LogP contribution in [0, 0.1) is 0 Å². The Bertz CT molecular complexity index is 976. The maximum atomic E-state index is 13.1. The predicted octanol–water partition coefficient (Wildman–Crippen LogP) is 5.41. The van der Waals surface area contributed by atoms with Gasteiger partial charge in [0.1, 0.15) is 23.0 Å². The molecule has 1 unspecified atom stereocenters. The Balaban J connectivity index is 1.89. The third kappa shape index (κ3) is 5.45. The van der Waals surface area contributed by atoms with Gasteiger partial charge in [0, 0.05) is 16.4 Å². The summed E-state index contributed by atoms with van der Waals surface area (Å²) in [4.78, 5) is 26.9. The number of hydrogen-bond acceptors (Lipinski definition) is 4. The van der Waals surface area contributed by atoms with Gasteiger partial charge in [-0.25, -0.2) is 4.79 Å². The molecule has 1 atom stereocenters.